The molecule has 0 radical (unpaired) electrons. The molecule has 0 atom stereocenters. The lowest BCUT2D eigenvalue weighted by atomic mass is 10.1. The number of rotatable bonds is 5. The minimum Gasteiger partial charge on any atom is -0.389 e. The molecule has 0 heterocycles. The van der Waals surface area contributed by atoms with Crippen LogP contribution in [0, 0.1) is 0 Å². The third kappa shape index (κ3) is 5.39. The minimum absolute atomic E-state index is 0.0613. The molecular formula is C14H19Cl2NO2. The Morgan fingerprint density at radius 2 is 2.00 bits per heavy atom. The van der Waals surface area contributed by atoms with Crippen LogP contribution in [-0.4, -0.2) is 34.6 Å². The van der Waals surface area contributed by atoms with E-state index in [1.54, 1.807) is 36.9 Å². The number of nitrogens with zero attached hydrogens (tertiary/aromatic N) is 1. The van der Waals surface area contributed by atoms with E-state index in [1.165, 1.54) is 0 Å². The Morgan fingerprint density at radius 1 is 1.37 bits per heavy atom. The zero-order valence-electron chi connectivity index (χ0n) is 11.4. The van der Waals surface area contributed by atoms with Gasteiger partial charge in [-0.15, -0.1) is 0 Å². The van der Waals surface area contributed by atoms with Crippen molar-refractivity contribution in [3.63, 3.8) is 0 Å². The highest BCUT2D eigenvalue weighted by molar-refractivity contribution is 6.35. The van der Waals surface area contributed by atoms with Gasteiger partial charge in [0.1, 0.15) is 0 Å². The molecule has 0 aliphatic rings. The molecular weight excluding hydrogens is 285 g/mol. The van der Waals surface area contributed by atoms with E-state index in [9.17, 15) is 9.90 Å². The Morgan fingerprint density at radius 3 is 2.47 bits per heavy atom. The first-order chi connectivity index (χ1) is 8.73. The summed E-state index contributed by atoms with van der Waals surface area (Å²) in [5.74, 6) is -0.0613. The Hall–Kier alpha value is -0.770. The minimum atomic E-state index is -0.907. The van der Waals surface area contributed by atoms with E-state index in [4.69, 9.17) is 23.2 Å². The summed E-state index contributed by atoms with van der Waals surface area (Å²) in [5, 5.41) is 10.8. The van der Waals surface area contributed by atoms with E-state index < -0.39 is 5.60 Å². The van der Waals surface area contributed by atoms with Crippen molar-refractivity contribution in [1.82, 2.24) is 4.90 Å². The summed E-state index contributed by atoms with van der Waals surface area (Å²) in [5.41, 5.74) is -0.166. The number of aliphatic hydroxyl groups is 1. The predicted molar refractivity (Wildman–Crippen MR) is 78.7 cm³/mol. The summed E-state index contributed by atoms with van der Waals surface area (Å²) < 4.78 is 0. The Balaban J connectivity index is 2.77. The van der Waals surface area contributed by atoms with Crippen LogP contribution in [0.1, 0.15) is 26.3 Å². The predicted octanol–water partition coefficient (Wildman–Crippen LogP) is 3.16. The molecule has 0 aliphatic carbocycles. The van der Waals surface area contributed by atoms with Gasteiger partial charge in [-0.25, -0.2) is 0 Å². The maximum Gasteiger partial charge on any atom is 0.227 e. The highest BCUT2D eigenvalue weighted by Crippen LogP contribution is 2.22. The van der Waals surface area contributed by atoms with Gasteiger partial charge >= 0.3 is 0 Å². The van der Waals surface area contributed by atoms with Crippen molar-refractivity contribution in [3.05, 3.63) is 33.8 Å². The first-order valence-corrected chi connectivity index (χ1v) is 6.92. The fourth-order valence-corrected chi connectivity index (χ4v) is 2.26. The molecule has 1 N–H and O–H groups in total. The summed E-state index contributed by atoms with van der Waals surface area (Å²) in [6.45, 7) is 6.09. The number of hydrogen-bond donors (Lipinski definition) is 1. The zero-order chi connectivity index (χ0) is 14.6. The van der Waals surface area contributed by atoms with Crippen molar-refractivity contribution in [2.75, 3.05) is 13.1 Å². The van der Waals surface area contributed by atoms with Gasteiger partial charge in [-0.2, -0.15) is 0 Å². The number of likely N-dealkylation sites (N-methyl/N-ethyl adjacent to an activating group) is 1. The van der Waals surface area contributed by atoms with Crippen molar-refractivity contribution in [1.29, 1.82) is 0 Å². The van der Waals surface area contributed by atoms with Crippen LogP contribution < -0.4 is 0 Å². The number of carbonyl (C=O) groups is 1. The van der Waals surface area contributed by atoms with Gasteiger partial charge in [-0.3, -0.25) is 4.79 Å². The summed E-state index contributed by atoms with van der Waals surface area (Å²) in [6.07, 6.45) is 0.208. The van der Waals surface area contributed by atoms with Crippen molar-refractivity contribution in [2.24, 2.45) is 0 Å². The van der Waals surface area contributed by atoms with Crippen molar-refractivity contribution >= 4 is 29.1 Å². The second-order valence-corrected chi connectivity index (χ2v) is 5.98. The zero-order valence-corrected chi connectivity index (χ0v) is 12.9. The Bertz CT molecular complexity index is 455. The molecule has 0 aliphatic heterocycles. The van der Waals surface area contributed by atoms with Gasteiger partial charge in [0.2, 0.25) is 5.91 Å². The molecule has 0 saturated heterocycles. The van der Waals surface area contributed by atoms with Crippen LogP contribution in [0.5, 0.6) is 0 Å². The third-order valence-electron chi connectivity index (χ3n) is 2.67. The number of benzene rings is 1. The number of carbonyl (C=O) groups excluding carboxylic acids is 1. The fraction of sp³-hybridized carbons (Fsp3) is 0.500. The first kappa shape index (κ1) is 16.3. The number of amides is 1. The maximum atomic E-state index is 12.2. The largest absolute Gasteiger partial charge is 0.389 e. The second-order valence-electron chi connectivity index (χ2n) is 5.13. The molecule has 1 amide bonds. The molecule has 1 aromatic carbocycles. The Kier molecular flexibility index (Phi) is 5.65. The third-order valence-corrected chi connectivity index (χ3v) is 3.26. The molecule has 19 heavy (non-hydrogen) atoms. The molecule has 0 spiro atoms. The van der Waals surface area contributed by atoms with E-state index in [1.807, 2.05) is 6.92 Å². The monoisotopic (exact) mass is 303 g/mol. The van der Waals surface area contributed by atoms with Gasteiger partial charge in [0.05, 0.1) is 12.0 Å². The summed E-state index contributed by atoms with van der Waals surface area (Å²) in [4.78, 5) is 13.8. The van der Waals surface area contributed by atoms with Crippen LogP contribution in [0.2, 0.25) is 10.0 Å². The van der Waals surface area contributed by atoms with Crippen LogP contribution in [0.25, 0.3) is 0 Å². The van der Waals surface area contributed by atoms with E-state index in [0.29, 0.717) is 23.1 Å². The van der Waals surface area contributed by atoms with Gasteiger partial charge in [0.25, 0.3) is 0 Å². The molecule has 0 unspecified atom stereocenters. The molecule has 0 bridgehead atoms. The molecule has 106 valence electrons. The lowest BCUT2D eigenvalue weighted by molar-refractivity contribution is -0.133. The van der Waals surface area contributed by atoms with Crippen LogP contribution in [0.3, 0.4) is 0 Å². The van der Waals surface area contributed by atoms with E-state index in [2.05, 4.69) is 0 Å². The van der Waals surface area contributed by atoms with E-state index >= 15 is 0 Å². The summed E-state index contributed by atoms with van der Waals surface area (Å²) in [7, 11) is 0. The standard InChI is InChI=1S/C14H19Cl2NO2/c1-4-17(9-14(2,3)19)13(18)7-10-5-6-11(15)8-12(10)16/h5-6,8,19H,4,7,9H2,1-3H3. The topological polar surface area (TPSA) is 40.5 Å². The van der Waals surface area contributed by atoms with Gasteiger partial charge in [0, 0.05) is 23.1 Å². The SMILES string of the molecule is CCN(CC(C)(C)O)C(=O)Cc1ccc(Cl)cc1Cl. The van der Waals surface area contributed by atoms with Crippen LogP contribution in [0.15, 0.2) is 18.2 Å². The molecule has 5 heteroatoms. The van der Waals surface area contributed by atoms with Crippen LogP contribution >= 0.6 is 23.2 Å². The Labute approximate surface area is 124 Å². The smallest absolute Gasteiger partial charge is 0.227 e. The van der Waals surface area contributed by atoms with Crippen molar-refractivity contribution in [2.45, 2.75) is 32.8 Å². The van der Waals surface area contributed by atoms with Crippen molar-refractivity contribution in [3.8, 4) is 0 Å². The van der Waals surface area contributed by atoms with E-state index in [0.717, 1.165) is 5.56 Å². The lowest BCUT2D eigenvalue weighted by Crippen LogP contribution is -2.42. The molecule has 0 saturated carbocycles. The van der Waals surface area contributed by atoms with Crippen LogP contribution in [-0.2, 0) is 11.2 Å². The quantitative estimate of drug-likeness (QED) is 0.908. The highest BCUT2D eigenvalue weighted by Gasteiger charge is 2.21. The average molecular weight is 304 g/mol. The average Bonchev–Trinajstić information content (AvgIpc) is 2.28. The van der Waals surface area contributed by atoms with E-state index in [-0.39, 0.29) is 12.3 Å². The number of hydrogen-bond acceptors (Lipinski definition) is 2. The second kappa shape index (κ2) is 6.60. The first-order valence-electron chi connectivity index (χ1n) is 6.17. The van der Waals surface area contributed by atoms with Gasteiger partial charge < -0.3 is 10.0 Å². The summed E-state index contributed by atoms with van der Waals surface area (Å²) >= 11 is 11.9. The number of halogens is 2. The van der Waals surface area contributed by atoms with Crippen LogP contribution in [0.4, 0.5) is 0 Å². The molecule has 0 aromatic heterocycles. The molecule has 3 nitrogen and oxygen atoms in total. The fourth-order valence-electron chi connectivity index (χ4n) is 1.78. The lowest BCUT2D eigenvalue weighted by Gasteiger charge is -2.28. The molecule has 0 fully saturated rings. The normalized spacial score (nSPS) is 11.5. The molecule has 1 rings (SSSR count). The highest BCUT2D eigenvalue weighted by atomic mass is 35.5. The van der Waals surface area contributed by atoms with Gasteiger partial charge in [0.15, 0.2) is 0 Å². The van der Waals surface area contributed by atoms with Crippen molar-refractivity contribution < 1.29 is 9.90 Å². The summed E-state index contributed by atoms with van der Waals surface area (Å²) in [6, 6.07) is 5.08. The maximum absolute atomic E-state index is 12.2. The van der Waals surface area contributed by atoms with Gasteiger partial charge in [-0.05, 0) is 38.5 Å². The molecule has 1 aromatic rings. The van der Waals surface area contributed by atoms with Gasteiger partial charge in [-0.1, -0.05) is 29.3 Å².